The minimum Gasteiger partial charge on any atom is -0.369 e. The fourth-order valence-electron chi connectivity index (χ4n) is 3.49. The lowest BCUT2D eigenvalue weighted by atomic mass is 9.97. The molecule has 0 aliphatic carbocycles. The van der Waals surface area contributed by atoms with Crippen LogP contribution in [0.4, 0.5) is 13.2 Å². The molecular weight excluding hydrogens is 405 g/mol. The number of nitrogens with two attached hydrogens (primary N) is 1. The van der Waals surface area contributed by atoms with Crippen molar-refractivity contribution in [1.82, 2.24) is 14.3 Å². The van der Waals surface area contributed by atoms with E-state index in [-0.39, 0.29) is 18.4 Å². The third kappa shape index (κ3) is 3.71. The molecule has 3 aromatic rings. The molecule has 0 radical (unpaired) electrons. The van der Waals surface area contributed by atoms with Crippen LogP contribution in [0.1, 0.15) is 28.9 Å². The van der Waals surface area contributed by atoms with E-state index in [1.165, 1.54) is 17.4 Å². The molecule has 1 saturated heterocycles. The number of amides is 2. The number of fused-ring (bicyclic) bond motifs is 1. The van der Waals surface area contributed by atoms with Crippen molar-refractivity contribution in [1.29, 1.82) is 0 Å². The lowest BCUT2D eigenvalue weighted by molar-refractivity contribution is -0.137. The van der Waals surface area contributed by atoms with Crippen LogP contribution in [0.25, 0.3) is 16.2 Å². The number of carbonyl (C=O) groups is 2. The van der Waals surface area contributed by atoms with Crippen molar-refractivity contribution in [2.75, 3.05) is 13.1 Å². The lowest BCUT2D eigenvalue weighted by Gasteiger charge is -2.30. The summed E-state index contributed by atoms with van der Waals surface area (Å²) in [5.74, 6) is -1.05. The van der Waals surface area contributed by atoms with Crippen LogP contribution in [0, 0.1) is 5.92 Å². The van der Waals surface area contributed by atoms with E-state index < -0.39 is 17.6 Å². The molecule has 1 unspecified atom stereocenters. The second-order valence-corrected chi connectivity index (χ2v) is 7.81. The Morgan fingerprint density at radius 2 is 2.07 bits per heavy atom. The van der Waals surface area contributed by atoms with E-state index >= 15 is 0 Å². The maximum Gasteiger partial charge on any atom is 0.416 e. The normalized spacial score (nSPS) is 17.6. The fourth-order valence-corrected chi connectivity index (χ4v) is 4.33. The number of primary amides is 1. The number of hydrogen-bond donors (Lipinski definition) is 1. The Bertz CT molecular complexity index is 1090. The van der Waals surface area contributed by atoms with Crippen molar-refractivity contribution >= 4 is 28.1 Å². The minimum absolute atomic E-state index is 0.254. The molecule has 1 aliphatic heterocycles. The van der Waals surface area contributed by atoms with Crippen LogP contribution in [0.2, 0.25) is 0 Å². The molecule has 6 nitrogen and oxygen atoms in total. The molecule has 0 bridgehead atoms. The van der Waals surface area contributed by atoms with Gasteiger partial charge in [-0.15, -0.1) is 11.3 Å². The van der Waals surface area contributed by atoms with E-state index in [0.717, 1.165) is 12.1 Å². The average Bonchev–Trinajstić information content (AvgIpc) is 3.28. The number of nitrogens with zero attached hydrogens (tertiary/aromatic N) is 3. The molecule has 0 spiro atoms. The van der Waals surface area contributed by atoms with Gasteiger partial charge in [-0.05, 0) is 25.0 Å². The van der Waals surface area contributed by atoms with Gasteiger partial charge in [0.15, 0.2) is 4.96 Å². The summed E-state index contributed by atoms with van der Waals surface area (Å²) in [6, 6.07) is 4.92. The van der Waals surface area contributed by atoms with Crippen LogP contribution in [-0.4, -0.2) is 39.2 Å². The summed E-state index contributed by atoms with van der Waals surface area (Å²) in [6.45, 7) is 0.788. The zero-order valence-corrected chi connectivity index (χ0v) is 16.0. The van der Waals surface area contributed by atoms with E-state index in [1.54, 1.807) is 26.9 Å². The number of piperidine rings is 1. The third-order valence-electron chi connectivity index (χ3n) is 5.02. The Balaban J connectivity index is 1.64. The second-order valence-electron chi connectivity index (χ2n) is 6.97. The zero-order valence-electron chi connectivity index (χ0n) is 15.1. The Kier molecular flexibility index (Phi) is 4.81. The van der Waals surface area contributed by atoms with Gasteiger partial charge in [-0.25, -0.2) is 4.98 Å². The van der Waals surface area contributed by atoms with Gasteiger partial charge in [-0.1, -0.05) is 12.1 Å². The fraction of sp³-hybridized carbons (Fsp3) is 0.316. The molecule has 2 amide bonds. The highest BCUT2D eigenvalue weighted by molar-refractivity contribution is 7.15. The SMILES string of the molecule is NC(=O)C1CCCN(C(=O)c2csc3nc(-c4cccc(C(F)(F)F)c4)cn23)C1. The van der Waals surface area contributed by atoms with E-state index in [4.69, 9.17) is 5.73 Å². The van der Waals surface area contributed by atoms with E-state index in [2.05, 4.69) is 4.98 Å². The van der Waals surface area contributed by atoms with Crippen molar-refractivity contribution in [3.63, 3.8) is 0 Å². The molecule has 2 N–H and O–H groups in total. The zero-order chi connectivity index (χ0) is 20.8. The Hall–Kier alpha value is -2.88. The number of benzene rings is 1. The van der Waals surface area contributed by atoms with Gasteiger partial charge in [-0.3, -0.25) is 14.0 Å². The highest BCUT2D eigenvalue weighted by Crippen LogP contribution is 2.32. The summed E-state index contributed by atoms with van der Waals surface area (Å²) >= 11 is 1.23. The van der Waals surface area contributed by atoms with Gasteiger partial charge in [0.1, 0.15) is 5.69 Å². The number of likely N-dealkylation sites (tertiary alicyclic amines) is 1. The summed E-state index contributed by atoms with van der Waals surface area (Å²) < 4.78 is 40.5. The van der Waals surface area contributed by atoms with Gasteiger partial charge >= 0.3 is 6.18 Å². The number of aromatic nitrogens is 2. The molecule has 3 heterocycles. The molecule has 152 valence electrons. The molecule has 1 aliphatic rings. The molecule has 1 aromatic carbocycles. The maximum absolute atomic E-state index is 13.0. The summed E-state index contributed by atoms with van der Waals surface area (Å²) in [5.41, 5.74) is 5.66. The van der Waals surface area contributed by atoms with Crippen LogP contribution in [0.3, 0.4) is 0 Å². The Morgan fingerprint density at radius 1 is 1.28 bits per heavy atom. The number of thiazole rings is 1. The van der Waals surface area contributed by atoms with Gasteiger partial charge in [0.25, 0.3) is 5.91 Å². The standard InChI is InChI=1S/C19H17F3N4O2S/c20-19(21,22)13-5-1-3-11(7-13)14-9-26-15(10-29-18(26)24-14)17(28)25-6-2-4-12(8-25)16(23)27/h1,3,5,7,9-10,12H,2,4,6,8H2,(H2,23,27). The van der Waals surface area contributed by atoms with Crippen LogP contribution in [0.5, 0.6) is 0 Å². The largest absolute Gasteiger partial charge is 0.416 e. The Labute approximate surface area is 167 Å². The van der Waals surface area contributed by atoms with Crippen LogP contribution < -0.4 is 5.73 Å². The molecule has 1 atom stereocenters. The van der Waals surface area contributed by atoms with Crippen LogP contribution >= 0.6 is 11.3 Å². The Morgan fingerprint density at radius 3 is 2.79 bits per heavy atom. The summed E-state index contributed by atoms with van der Waals surface area (Å²) in [7, 11) is 0. The minimum atomic E-state index is -4.44. The topological polar surface area (TPSA) is 80.7 Å². The molecule has 1 fully saturated rings. The monoisotopic (exact) mass is 422 g/mol. The van der Waals surface area contributed by atoms with Crippen molar-refractivity contribution in [2.24, 2.45) is 11.7 Å². The number of hydrogen-bond acceptors (Lipinski definition) is 4. The summed E-state index contributed by atoms with van der Waals surface area (Å²) in [6.07, 6.45) is -1.54. The number of alkyl halides is 3. The number of imidazole rings is 1. The molecule has 29 heavy (non-hydrogen) atoms. The number of carbonyl (C=O) groups excluding carboxylic acids is 2. The second kappa shape index (κ2) is 7.18. The average molecular weight is 422 g/mol. The highest BCUT2D eigenvalue weighted by Gasteiger charge is 2.31. The van der Waals surface area contributed by atoms with Gasteiger partial charge in [0, 0.05) is 30.2 Å². The number of rotatable bonds is 3. The summed E-state index contributed by atoms with van der Waals surface area (Å²) in [5, 5.41) is 1.66. The quantitative estimate of drug-likeness (QED) is 0.702. The van der Waals surface area contributed by atoms with Crippen LogP contribution in [-0.2, 0) is 11.0 Å². The van der Waals surface area contributed by atoms with Gasteiger partial charge < -0.3 is 10.6 Å². The van der Waals surface area contributed by atoms with Crippen LogP contribution in [0.15, 0.2) is 35.8 Å². The van der Waals surface area contributed by atoms with Gasteiger partial charge in [0.2, 0.25) is 5.91 Å². The van der Waals surface area contributed by atoms with Gasteiger partial charge in [-0.2, -0.15) is 13.2 Å². The predicted octanol–water partition coefficient (Wildman–Crippen LogP) is 3.42. The predicted molar refractivity (Wildman–Crippen MR) is 101 cm³/mol. The maximum atomic E-state index is 13.0. The molecule has 2 aromatic heterocycles. The van der Waals surface area contributed by atoms with E-state index in [9.17, 15) is 22.8 Å². The van der Waals surface area contributed by atoms with E-state index in [0.29, 0.717) is 41.3 Å². The first-order valence-corrected chi connectivity index (χ1v) is 9.85. The molecular formula is C19H17F3N4O2S. The molecule has 10 heteroatoms. The van der Waals surface area contributed by atoms with E-state index in [1.807, 2.05) is 0 Å². The van der Waals surface area contributed by atoms with Crippen molar-refractivity contribution in [3.8, 4) is 11.3 Å². The highest BCUT2D eigenvalue weighted by atomic mass is 32.1. The first kappa shape index (κ1) is 19.4. The lowest BCUT2D eigenvalue weighted by Crippen LogP contribution is -2.44. The number of halogens is 3. The molecule has 4 rings (SSSR count). The van der Waals surface area contributed by atoms with Crippen molar-refractivity contribution in [3.05, 3.63) is 47.1 Å². The summed E-state index contributed by atoms with van der Waals surface area (Å²) in [4.78, 5) is 30.9. The smallest absolute Gasteiger partial charge is 0.369 e. The first-order chi connectivity index (χ1) is 13.7. The van der Waals surface area contributed by atoms with Gasteiger partial charge in [0.05, 0.1) is 17.2 Å². The first-order valence-electron chi connectivity index (χ1n) is 8.97. The third-order valence-corrected chi connectivity index (χ3v) is 5.86. The van der Waals surface area contributed by atoms with Crippen molar-refractivity contribution in [2.45, 2.75) is 19.0 Å². The molecule has 0 saturated carbocycles. The van der Waals surface area contributed by atoms with Crippen molar-refractivity contribution < 1.29 is 22.8 Å².